The van der Waals surface area contributed by atoms with E-state index in [0.717, 1.165) is 0 Å². The third-order valence-electron chi connectivity index (χ3n) is 7.95. The molecule has 0 fully saturated rings. The van der Waals surface area contributed by atoms with Crippen LogP contribution in [0, 0.1) is 11.8 Å². The summed E-state index contributed by atoms with van der Waals surface area (Å²) in [5.41, 5.74) is 1.06. The molecule has 0 unspecified atom stereocenters. The molecule has 0 aliphatic carbocycles. The second-order valence-corrected chi connectivity index (χ2v) is 12.5. The second-order valence-electron chi connectivity index (χ2n) is 12.5. The summed E-state index contributed by atoms with van der Waals surface area (Å²) >= 11 is 0. The highest BCUT2D eigenvalue weighted by Crippen LogP contribution is 2.17. The number of carboxylic acid groups (broad SMARTS) is 5. The number of carboxylic acids is 5. The Labute approximate surface area is 304 Å². The van der Waals surface area contributed by atoms with Crippen LogP contribution in [0.25, 0.3) is 0 Å². The number of Topliss-reactive ketones (excluding diaryl/α,β-unsaturated/α-hetero) is 2. The number of carbonyl (C=O) groups excluding carboxylic acids is 5. The largest absolute Gasteiger partial charge is 0.481 e. The molecule has 0 spiro atoms. The van der Waals surface area contributed by atoms with E-state index >= 15 is 0 Å². The van der Waals surface area contributed by atoms with Gasteiger partial charge in [0.25, 0.3) is 0 Å². The van der Waals surface area contributed by atoms with Gasteiger partial charge in [0.1, 0.15) is 5.78 Å². The van der Waals surface area contributed by atoms with Crippen LogP contribution in [0.2, 0.25) is 0 Å². The van der Waals surface area contributed by atoms with Crippen LogP contribution >= 0.6 is 0 Å². The molecule has 18 heteroatoms. The zero-order valence-electron chi connectivity index (χ0n) is 29.2. The molecule has 0 aliphatic heterocycles. The van der Waals surface area contributed by atoms with Crippen molar-refractivity contribution >= 4 is 59.1 Å². The Morgan fingerprint density at radius 2 is 1.09 bits per heavy atom. The summed E-state index contributed by atoms with van der Waals surface area (Å²) in [6.45, 7) is -0.0452. The average molecular weight is 750 g/mol. The molecule has 0 bridgehead atoms. The van der Waals surface area contributed by atoms with E-state index < -0.39 is 91.0 Å². The van der Waals surface area contributed by atoms with E-state index in [0.29, 0.717) is 36.8 Å². The van der Waals surface area contributed by atoms with Gasteiger partial charge in [-0.15, -0.1) is 0 Å². The van der Waals surface area contributed by atoms with Crippen molar-refractivity contribution in [2.75, 3.05) is 13.1 Å². The summed E-state index contributed by atoms with van der Waals surface area (Å²) in [4.78, 5) is 118. The first-order chi connectivity index (χ1) is 25.0. The second kappa shape index (κ2) is 24.5. The predicted molar refractivity (Wildman–Crippen MR) is 182 cm³/mol. The third kappa shape index (κ3) is 21.3. The Morgan fingerprint density at radius 3 is 1.64 bits per heavy atom. The summed E-state index contributed by atoms with van der Waals surface area (Å²) in [5.74, 6) is -11.5. The molecule has 0 aromatic heterocycles. The number of ketones is 2. The Kier molecular flexibility index (Phi) is 21.0. The lowest BCUT2D eigenvalue weighted by molar-refractivity contribution is -0.144. The van der Waals surface area contributed by atoms with Gasteiger partial charge < -0.3 is 41.5 Å². The molecule has 292 valence electrons. The van der Waals surface area contributed by atoms with Crippen molar-refractivity contribution in [2.45, 2.75) is 95.9 Å². The molecule has 0 saturated carbocycles. The van der Waals surface area contributed by atoms with Crippen LogP contribution in [-0.4, -0.2) is 104 Å². The van der Waals surface area contributed by atoms with Gasteiger partial charge in [-0.05, 0) is 36.8 Å². The highest BCUT2D eigenvalue weighted by atomic mass is 16.4. The number of hydrogen-bond acceptors (Lipinski definition) is 10. The third-order valence-corrected chi connectivity index (χ3v) is 7.95. The SMILES string of the molecule is O=C(O)CCCCC(=O)C[C@@H](CCCCNC(=O)Cc1ccc(CC(=O)N[C@@H](CC(=O)O)C(=O)C[C@@H](CC(=O)O)C(=O)NCCC(=O)O)cc1)C(=O)O. The lowest BCUT2D eigenvalue weighted by Crippen LogP contribution is -2.45. The topological polar surface area (TPSA) is 308 Å². The van der Waals surface area contributed by atoms with Crippen molar-refractivity contribution in [1.29, 1.82) is 0 Å². The molecule has 18 nitrogen and oxygen atoms in total. The Bertz CT molecular complexity index is 1480. The van der Waals surface area contributed by atoms with E-state index in [1.807, 2.05) is 0 Å². The van der Waals surface area contributed by atoms with E-state index in [4.69, 9.17) is 15.3 Å². The van der Waals surface area contributed by atoms with Crippen molar-refractivity contribution in [3.05, 3.63) is 35.4 Å². The van der Waals surface area contributed by atoms with Gasteiger partial charge in [-0.25, -0.2) is 0 Å². The number of nitrogens with one attached hydrogen (secondary N) is 3. The quantitative estimate of drug-likeness (QED) is 0.0529. The molecular weight excluding hydrogens is 702 g/mol. The van der Waals surface area contributed by atoms with Gasteiger partial charge in [0.05, 0.1) is 50.0 Å². The minimum Gasteiger partial charge on any atom is -0.481 e. The molecule has 0 saturated heterocycles. The van der Waals surface area contributed by atoms with Crippen LogP contribution in [0.5, 0.6) is 0 Å². The van der Waals surface area contributed by atoms with E-state index in [2.05, 4.69) is 16.0 Å². The Morgan fingerprint density at radius 1 is 0.528 bits per heavy atom. The van der Waals surface area contributed by atoms with Crippen LogP contribution in [0.15, 0.2) is 24.3 Å². The van der Waals surface area contributed by atoms with Crippen molar-refractivity contribution in [3.63, 3.8) is 0 Å². The van der Waals surface area contributed by atoms with Gasteiger partial charge in [-0.1, -0.05) is 30.7 Å². The molecule has 1 aromatic rings. The summed E-state index contributed by atoms with van der Waals surface area (Å²) in [6.07, 6.45) is -1.26. The summed E-state index contributed by atoms with van der Waals surface area (Å²) < 4.78 is 0. The number of carbonyl (C=O) groups is 10. The maximum Gasteiger partial charge on any atom is 0.306 e. The fourth-order valence-electron chi connectivity index (χ4n) is 5.20. The normalized spacial score (nSPS) is 12.4. The van der Waals surface area contributed by atoms with E-state index in [9.17, 15) is 58.2 Å². The molecule has 0 heterocycles. The minimum absolute atomic E-state index is 0.00279. The van der Waals surface area contributed by atoms with Crippen LogP contribution < -0.4 is 16.0 Å². The molecular formula is C35H47N3O15. The monoisotopic (exact) mass is 749 g/mol. The van der Waals surface area contributed by atoms with Gasteiger partial charge in [-0.3, -0.25) is 47.9 Å². The molecule has 0 aliphatic rings. The number of rotatable bonds is 29. The smallest absolute Gasteiger partial charge is 0.306 e. The van der Waals surface area contributed by atoms with Gasteiger partial charge in [0.15, 0.2) is 5.78 Å². The van der Waals surface area contributed by atoms with Crippen LogP contribution in [-0.2, 0) is 60.8 Å². The van der Waals surface area contributed by atoms with Crippen molar-refractivity contribution < 1.29 is 73.5 Å². The Hall–Kier alpha value is -5.68. The molecule has 3 amide bonds. The summed E-state index contributed by atoms with van der Waals surface area (Å²) in [7, 11) is 0. The summed E-state index contributed by atoms with van der Waals surface area (Å²) in [5, 5.41) is 52.5. The fraction of sp³-hybridized carbons (Fsp3) is 0.543. The minimum atomic E-state index is -1.58. The van der Waals surface area contributed by atoms with Gasteiger partial charge >= 0.3 is 29.8 Å². The van der Waals surface area contributed by atoms with Crippen LogP contribution in [0.1, 0.15) is 88.2 Å². The average Bonchev–Trinajstić information content (AvgIpc) is 3.05. The molecule has 53 heavy (non-hydrogen) atoms. The Balaban J connectivity index is 2.59. The van der Waals surface area contributed by atoms with Crippen molar-refractivity contribution in [1.82, 2.24) is 16.0 Å². The van der Waals surface area contributed by atoms with Crippen molar-refractivity contribution in [3.8, 4) is 0 Å². The maximum absolute atomic E-state index is 12.9. The molecule has 1 rings (SSSR count). The first-order valence-corrected chi connectivity index (χ1v) is 17.0. The molecule has 3 atom stereocenters. The molecule has 8 N–H and O–H groups in total. The zero-order chi connectivity index (χ0) is 39.9. The number of amides is 3. The van der Waals surface area contributed by atoms with Gasteiger partial charge in [0.2, 0.25) is 17.7 Å². The van der Waals surface area contributed by atoms with Gasteiger partial charge in [0, 0.05) is 38.8 Å². The van der Waals surface area contributed by atoms with Crippen molar-refractivity contribution in [2.24, 2.45) is 11.8 Å². The lowest BCUT2D eigenvalue weighted by atomic mass is 9.93. The fourth-order valence-corrected chi connectivity index (χ4v) is 5.20. The first kappa shape index (κ1) is 45.3. The number of benzene rings is 1. The molecule has 1 aromatic carbocycles. The molecule has 0 radical (unpaired) electrons. The van der Waals surface area contributed by atoms with E-state index in [1.54, 1.807) is 24.3 Å². The van der Waals surface area contributed by atoms with Crippen LogP contribution in [0.4, 0.5) is 0 Å². The number of aliphatic carboxylic acids is 5. The van der Waals surface area contributed by atoms with Gasteiger partial charge in [-0.2, -0.15) is 0 Å². The lowest BCUT2D eigenvalue weighted by Gasteiger charge is -2.19. The highest BCUT2D eigenvalue weighted by molar-refractivity contribution is 5.96. The first-order valence-electron chi connectivity index (χ1n) is 17.0. The number of hydrogen-bond donors (Lipinski definition) is 8. The van der Waals surface area contributed by atoms with E-state index in [-0.39, 0.29) is 63.3 Å². The highest BCUT2D eigenvalue weighted by Gasteiger charge is 2.30. The maximum atomic E-state index is 12.9. The number of unbranched alkanes of at least 4 members (excludes halogenated alkanes) is 2. The predicted octanol–water partition coefficient (Wildman–Crippen LogP) is 0.964. The van der Waals surface area contributed by atoms with Crippen LogP contribution in [0.3, 0.4) is 0 Å². The summed E-state index contributed by atoms with van der Waals surface area (Å²) in [6, 6.07) is 4.72. The zero-order valence-corrected chi connectivity index (χ0v) is 29.2. The van der Waals surface area contributed by atoms with E-state index in [1.165, 1.54) is 0 Å². The standard InChI is InChI=1S/C35H47N3O15/c39-25(6-1-2-7-30(43)44)17-23(35(52)53)5-3-4-13-36-28(41)15-21-8-10-22(11-9-21)16-29(42)38-26(20-33(49)50)27(40)18-24(19-32(47)48)34(51)37-14-12-31(45)46/h8-11,23-24,26H,1-7,12-20H2,(H,36,41)(H,37,51)(H,38,42)(H,43,44)(H,45,46)(H,47,48)(H,49,50)(H,52,53)/t23-,24+,26+/m1/s1.